The summed E-state index contributed by atoms with van der Waals surface area (Å²) < 4.78 is 9.06. The van der Waals surface area contributed by atoms with Crippen molar-refractivity contribution in [2.75, 3.05) is 0 Å². The maximum Gasteiger partial charge on any atom is 0.127 e. The number of nitrogens with zero attached hydrogens (tertiary/aromatic N) is 3. The van der Waals surface area contributed by atoms with E-state index in [4.69, 9.17) is 4.98 Å². The molecule has 40 heavy (non-hydrogen) atoms. The van der Waals surface area contributed by atoms with Gasteiger partial charge < -0.3 is 4.57 Å². The lowest BCUT2D eigenvalue weighted by Gasteiger charge is -2.10. The van der Waals surface area contributed by atoms with Crippen molar-refractivity contribution in [1.82, 2.24) is 14.5 Å². The van der Waals surface area contributed by atoms with E-state index in [0.29, 0.717) is 0 Å². The van der Waals surface area contributed by atoms with Crippen molar-refractivity contribution in [3.05, 3.63) is 104 Å². The van der Waals surface area contributed by atoms with Gasteiger partial charge in [0.25, 0.3) is 0 Å². The van der Waals surface area contributed by atoms with Gasteiger partial charge in [0.05, 0.1) is 15.7 Å². The summed E-state index contributed by atoms with van der Waals surface area (Å²) in [6.45, 7) is 0. The van der Waals surface area contributed by atoms with Gasteiger partial charge in [0.15, 0.2) is 0 Å². The van der Waals surface area contributed by atoms with E-state index >= 15 is 0 Å². The van der Waals surface area contributed by atoms with E-state index in [0.717, 1.165) is 10.2 Å². The second-order valence-electron chi connectivity index (χ2n) is 10.2. The van der Waals surface area contributed by atoms with E-state index in [2.05, 4.69) is 101 Å². The van der Waals surface area contributed by atoms with Crippen molar-refractivity contribution in [3.63, 3.8) is 0 Å². The fourth-order valence-corrected chi connectivity index (χ4v) is 10.0. The molecule has 10 rings (SSSR count). The molecule has 0 spiro atoms. The quantitative estimate of drug-likeness (QED) is 0.199. The van der Waals surface area contributed by atoms with Crippen LogP contribution in [0.25, 0.3) is 88.1 Å². The number of rotatable bonds is 1. The van der Waals surface area contributed by atoms with Crippen LogP contribution in [0.5, 0.6) is 0 Å². The Labute approximate surface area is 239 Å². The van der Waals surface area contributed by atoms with Gasteiger partial charge in [-0.3, -0.25) is 0 Å². The van der Waals surface area contributed by atoms with E-state index in [1.54, 1.807) is 17.7 Å². The van der Waals surface area contributed by atoms with Crippen molar-refractivity contribution in [2.45, 2.75) is 0 Å². The fourth-order valence-electron chi connectivity index (χ4n) is 6.53. The number of para-hydroxylation sites is 1. The van der Waals surface area contributed by atoms with Crippen LogP contribution in [0.3, 0.4) is 0 Å². The maximum absolute atomic E-state index is 4.72. The van der Waals surface area contributed by atoms with Crippen LogP contribution in [0.15, 0.2) is 104 Å². The highest BCUT2D eigenvalue weighted by Crippen LogP contribution is 2.51. The summed E-state index contributed by atoms with van der Waals surface area (Å²) in [6, 6.07) is 33.4. The Hall–Kier alpha value is -4.36. The van der Waals surface area contributed by atoms with Crippen molar-refractivity contribution in [1.29, 1.82) is 0 Å². The second-order valence-corrected chi connectivity index (χ2v) is 13.3. The Morgan fingerprint density at radius 1 is 0.550 bits per heavy atom. The van der Waals surface area contributed by atoms with Gasteiger partial charge in [-0.05, 0) is 36.4 Å². The van der Waals surface area contributed by atoms with Crippen LogP contribution in [-0.2, 0) is 0 Å². The first-order chi connectivity index (χ1) is 19.8. The van der Waals surface area contributed by atoms with E-state index < -0.39 is 0 Å². The normalized spacial score (nSPS) is 12.5. The highest BCUT2D eigenvalue weighted by atomic mass is 32.1. The van der Waals surface area contributed by atoms with Crippen molar-refractivity contribution >= 4 is 116 Å². The van der Waals surface area contributed by atoms with Gasteiger partial charge in [0, 0.05) is 73.8 Å². The molecule has 0 saturated carbocycles. The molecule has 3 nitrogen and oxygen atoms in total. The van der Waals surface area contributed by atoms with Gasteiger partial charge in [-0.25, -0.2) is 9.97 Å². The van der Waals surface area contributed by atoms with Gasteiger partial charge in [0.1, 0.15) is 11.2 Å². The number of benzene rings is 5. The first-order valence-electron chi connectivity index (χ1n) is 13.2. The third kappa shape index (κ3) is 2.63. The Morgan fingerprint density at radius 3 is 2.17 bits per heavy atom. The zero-order valence-corrected chi connectivity index (χ0v) is 23.3. The molecule has 0 aliphatic carbocycles. The van der Waals surface area contributed by atoms with E-state index in [1.807, 2.05) is 28.9 Å². The van der Waals surface area contributed by atoms with E-state index in [-0.39, 0.29) is 0 Å². The zero-order chi connectivity index (χ0) is 25.9. The molecule has 5 aromatic carbocycles. The SMILES string of the molecule is c1ccc2c(c1)sc1ccc(-n3c4ccccc4c4c5sc6ccccc6c5c5c6cncnc6sc5c43)cc12. The van der Waals surface area contributed by atoms with Crippen LogP contribution in [0.2, 0.25) is 0 Å². The predicted octanol–water partition coefficient (Wildman–Crippen LogP) is 10.7. The lowest BCUT2D eigenvalue weighted by Crippen LogP contribution is -1.93. The first-order valence-corrected chi connectivity index (χ1v) is 15.6. The Bertz CT molecular complexity index is 2670. The summed E-state index contributed by atoms with van der Waals surface area (Å²) in [6.07, 6.45) is 3.67. The van der Waals surface area contributed by atoms with Crippen LogP contribution in [0.1, 0.15) is 0 Å². The average molecular weight is 564 g/mol. The molecule has 10 aromatic rings. The zero-order valence-electron chi connectivity index (χ0n) is 20.9. The number of hydrogen-bond acceptors (Lipinski definition) is 5. The molecule has 6 heteroatoms. The third-order valence-corrected chi connectivity index (χ3v) is 11.6. The molecule has 0 saturated heterocycles. The predicted molar refractivity (Wildman–Crippen MR) is 175 cm³/mol. The Morgan fingerprint density at radius 2 is 1.27 bits per heavy atom. The van der Waals surface area contributed by atoms with Crippen molar-refractivity contribution < 1.29 is 0 Å². The smallest absolute Gasteiger partial charge is 0.127 e. The standard InChI is InChI=1S/C34H17N3S3/c1-4-10-24-20(8-1)30-31(37(24)18-13-14-27-22(15-18)19-7-2-5-11-25(19)38-27)33-29(23-16-35-17-36-34(23)40-33)28-21-9-3-6-12-26(21)39-32(28)30/h1-17H. The highest BCUT2D eigenvalue weighted by Gasteiger charge is 2.24. The molecule has 5 heterocycles. The number of hydrogen-bond donors (Lipinski definition) is 0. The molecule has 0 aliphatic rings. The second kappa shape index (κ2) is 7.64. The van der Waals surface area contributed by atoms with Crippen LogP contribution in [0, 0.1) is 0 Å². The number of fused-ring (bicyclic) bond motifs is 15. The minimum atomic E-state index is 1.03. The summed E-state index contributed by atoms with van der Waals surface area (Å²) >= 11 is 5.55. The van der Waals surface area contributed by atoms with Gasteiger partial charge in [-0.2, -0.15) is 0 Å². The molecular formula is C34H17N3S3. The topological polar surface area (TPSA) is 30.7 Å². The van der Waals surface area contributed by atoms with Crippen molar-refractivity contribution in [3.8, 4) is 5.69 Å². The maximum atomic E-state index is 4.72. The fraction of sp³-hybridized carbons (Fsp3) is 0. The molecule has 0 radical (unpaired) electrons. The molecule has 5 aromatic heterocycles. The van der Waals surface area contributed by atoms with Crippen LogP contribution in [0.4, 0.5) is 0 Å². The van der Waals surface area contributed by atoms with Crippen LogP contribution in [-0.4, -0.2) is 14.5 Å². The molecule has 0 amide bonds. The van der Waals surface area contributed by atoms with E-state index in [9.17, 15) is 0 Å². The molecule has 186 valence electrons. The van der Waals surface area contributed by atoms with Gasteiger partial charge >= 0.3 is 0 Å². The minimum absolute atomic E-state index is 1.03. The van der Waals surface area contributed by atoms with Gasteiger partial charge in [-0.1, -0.05) is 54.6 Å². The minimum Gasteiger partial charge on any atom is -0.308 e. The van der Waals surface area contributed by atoms with Crippen LogP contribution < -0.4 is 0 Å². The molecule has 0 N–H and O–H groups in total. The molecule has 0 bridgehead atoms. The first kappa shape index (κ1) is 21.5. The Balaban J connectivity index is 1.49. The summed E-state index contributed by atoms with van der Waals surface area (Å²) in [7, 11) is 0. The van der Waals surface area contributed by atoms with Gasteiger partial charge in [0.2, 0.25) is 0 Å². The van der Waals surface area contributed by atoms with Gasteiger partial charge in [-0.15, -0.1) is 34.0 Å². The molecule has 0 unspecified atom stereocenters. The average Bonchev–Trinajstić information content (AvgIpc) is 3.75. The molecule has 0 fully saturated rings. The number of thiophene rings is 3. The highest BCUT2D eigenvalue weighted by molar-refractivity contribution is 7.29. The molecule has 0 aliphatic heterocycles. The van der Waals surface area contributed by atoms with Crippen molar-refractivity contribution in [2.24, 2.45) is 0 Å². The summed E-state index contributed by atoms with van der Waals surface area (Å²) in [5.74, 6) is 0. The summed E-state index contributed by atoms with van der Waals surface area (Å²) in [5.41, 5.74) is 3.68. The van der Waals surface area contributed by atoms with E-state index in [1.165, 1.54) is 77.9 Å². The monoisotopic (exact) mass is 563 g/mol. The number of aromatic nitrogens is 3. The lowest BCUT2D eigenvalue weighted by atomic mass is 10.0. The lowest BCUT2D eigenvalue weighted by molar-refractivity contribution is 1.20. The third-order valence-electron chi connectivity index (χ3n) is 8.15. The van der Waals surface area contributed by atoms with Crippen LogP contribution >= 0.6 is 34.0 Å². The summed E-state index contributed by atoms with van der Waals surface area (Å²) in [5, 5.41) is 10.3. The molecular weight excluding hydrogens is 547 g/mol. The molecule has 0 atom stereocenters. The Kier molecular flexibility index (Phi) is 4.10. The summed E-state index contributed by atoms with van der Waals surface area (Å²) in [4.78, 5) is 10.2. The largest absolute Gasteiger partial charge is 0.308 e.